The molecule has 0 saturated carbocycles. The largest absolute Gasteiger partial charge is 0.476 e. The van der Waals surface area contributed by atoms with E-state index in [0.717, 1.165) is 17.8 Å². The van der Waals surface area contributed by atoms with Crippen LogP contribution in [0.2, 0.25) is 0 Å². The van der Waals surface area contributed by atoms with Crippen molar-refractivity contribution in [1.82, 2.24) is 9.38 Å². The van der Waals surface area contributed by atoms with Crippen LogP contribution in [0, 0.1) is 12.3 Å². The number of aryl methyl sites for hydroxylation is 1. The van der Waals surface area contributed by atoms with Gasteiger partial charge in [-0.25, -0.2) is 9.78 Å². The molecule has 0 saturated heterocycles. The highest BCUT2D eigenvalue weighted by atomic mass is 16.4. The number of hydrogen-bond donors (Lipinski definition) is 1. The molecule has 0 radical (unpaired) electrons. The number of pyridine rings is 1. The van der Waals surface area contributed by atoms with E-state index in [2.05, 4.69) is 25.8 Å². The number of carboxylic acids is 1. The fraction of sp³-hybridized carbons (Fsp3) is 0.429. The minimum absolute atomic E-state index is 0.0702. The number of aromatic nitrogens is 2. The Morgan fingerprint density at radius 2 is 2.11 bits per heavy atom. The number of rotatable bonds is 2. The molecule has 4 nitrogen and oxygen atoms in total. The van der Waals surface area contributed by atoms with E-state index in [1.165, 1.54) is 0 Å². The molecule has 2 rings (SSSR count). The quantitative estimate of drug-likeness (QED) is 0.886. The van der Waals surface area contributed by atoms with Gasteiger partial charge < -0.3 is 9.51 Å². The van der Waals surface area contributed by atoms with E-state index in [0.29, 0.717) is 5.52 Å². The lowest BCUT2D eigenvalue weighted by Crippen LogP contribution is -2.12. The van der Waals surface area contributed by atoms with Crippen molar-refractivity contribution in [3.63, 3.8) is 0 Å². The molecule has 0 fully saturated rings. The smallest absolute Gasteiger partial charge is 0.356 e. The molecule has 0 aliphatic carbocycles. The topological polar surface area (TPSA) is 54.6 Å². The maximum Gasteiger partial charge on any atom is 0.356 e. The number of hydrogen-bond acceptors (Lipinski definition) is 2. The van der Waals surface area contributed by atoms with Crippen LogP contribution < -0.4 is 0 Å². The van der Waals surface area contributed by atoms with Crippen molar-refractivity contribution in [3.05, 3.63) is 35.4 Å². The number of carboxylic acid groups (broad SMARTS) is 1. The fourth-order valence-electron chi connectivity index (χ4n) is 2.12. The Labute approximate surface area is 106 Å². The van der Waals surface area contributed by atoms with Gasteiger partial charge in [-0.2, -0.15) is 0 Å². The second-order valence-corrected chi connectivity index (χ2v) is 5.83. The van der Waals surface area contributed by atoms with Crippen LogP contribution in [0.25, 0.3) is 5.52 Å². The van der Waals surface area contributed by atoms with Crippen LogP contribution in [-0.4, -0.2) is 20.5 Å². The number of carbonyl (C=O) groups is 1. The third-order valence-corrected chi connectivity index (χ3v) is 2.83. The molecule has 0 atom stereocenters. The van der Waals surface area contributed by atoms with E-state index >= 15 is 0 Å². The van der Waals surface area contributed by atoms with Gasteiger partial charge in [0.1, 0.15) is 5.82 Å². The van der Waals surface area contributed by atoms with Crippen LogP contribution in [0.5, 0.6) is 0 Å². The molecule has 0 aromatic carbocycles. The molecule has 0 bridgehead atoms. The number of nitrogens with zero attached hydrogens (tertiary/aromatic N) is 2. The second kappa shape index (κ2) is 4.12. The number of fused-ring (bicyclic) bond motifs is 1. The summed E-state index contributed by atoms with van der Waals surface area (Å²) in [5, 5.41) is 9.24. The summed E-state index contributed by atoms with van der Waals surface area (Å²) in [7, 11) is 0. The van der Waals surface area contributed by atoms with E-state index in [1.807, 2.05) is 29.7 Å². The summed E-state index contributed by atoms with van der Waals surface area (Å²) in [5.41, 5.74) is 1.85. The van der Waals surface area contributed by atoms with Crippen molar-refractivity contribution < 1.29 is 9.90 Å². The van der Waals surface area contributed by atoms with Crippen molar-refractivity contribution in [2.24, 2.45) is 5.41 Å². The minimum atomic E-state index is -0.970. The molecule has 0 unspecified atom stereocenters. The van der Waals surface area contributed by atoms with Gasteiger partial charge in [-0.05, 0) is 24.0 Å². The van der Waals surface area contributed by atoms with Gasteiger partial charge in [0.15, 0.2) is 5.69 Å². The summed E-state index contributed by atoms with van der Waals surface area (Å²) in [6, 6.07) is 3.83. The van der Waals surface area contributed by atoms with Gasteiger partial charge in [0, 0.05) is 12.6 Å². The average Bonchev–Trinajstić information content (AvgIpc) is 2.56. The van der Waals surface area contributed by atoms with Gasteiger partial charge in [-0.1, -0.05) is 26.8 Å². The molecular formula is C14H18N2O2. The van der Waals surface area contributed by atoms with E-state index in [-0.39, 0.29) is 11.1 Å². The Kier molecular flexibility index (Phi) is 2.89. The van der Waals surface area contributed by atoms with Crippen LogP contribution in [0.3, 0.4) is 0 Å². The Hall–Kier alpha value is -1.84. The minimum Gasteiger partial charge on any atom is -0.476 e. The van der Waals surface area contributed by atoms with Crippen LogP contribution in [0.4, 0.5) is 0 Å². The highest BCUT2D eigenvalue weighted by molar-refractivity contribution is 5.94. The first kappa shape index (κ1) is 12.6. The van der Waals surface area contributed by atoms with Crippen molar-refractivity contribution >= 4 is 11.5 Å². The molecule has 2 aromatic rings. The highest BCUT2D eigenvalue weighted by Gasteiger charge is 2.21. The molecule has 0 aliphatic rings. The molecule has 0 aliphatic heterocycles. The van der Waals surface area contributed by atoms with Crippen LogP contribution in [-0.2, 0) is 6.42 Å². The van der Waals surface area contributed by atoms with Crippen LogP contribution in [0.1, 0.15) is 42.6 Å². The Morgan fingerprint density at radius 3 is 2.67 bits per heavy atom. The third-order valence-electron chi connectivity index (χ3n) is 2.83. The number of aromatic carboxylic acids is 1. The van der Waals surface area contributed by atoms with Gasteiger partial charge in [0.2, 0.25) is 0 Å². The van der Waals surface area contributed by atoms with Crippen molar-refractivity contribution in [1.29, 1.82) is 0 Å². The standard InChI is InChI=1S/C14H18N2O2/c1-9-6-5-7-16-10(8-14(2,3)4)15-11(12(9)16)13(17)18/h5-7H,8H2,1-4H3,(H,17,18). The maximum absolute atomic E-state index is 11.3. The lowest BCUT2D eigenvalue weighted by atomic mass is 9.92. The van der Waals surface area contributed by atoms with Gasteiger partial charge in [-0.15, -0.1) is 0 Å². The zero-order chi connectivity index (χ0) is 13.5. The normalized spacial score (nSPS) is 12.0. The van der Waals surface area contributed by atoms with Gasteiger partial charge >= 0.3 is 5.97 Å². The second-order valence-electron chi connectivity index (χ2n) is 5.83. The first-order valence-electron chi connectivity index (χ1n) is 5.99. The van der Waals surface area contributed by atoms with Crippen molar-refractivity contribution in [2.45, 2.75) is 34.1 Å². The highest BCUT2D eigenvalue weighted by Crippen LogP contribution is 2.24. The van der Waals surface area contributed by atoms with Gasteiger partial charge in [0.25, 0.3) is 0 Å². The lowest BCUT2D eigenvalue weighted by Gasteiger charge is -2.16. The molecule has 1 N–H and O–H groups in total. The lowest BCUT2D eigenvalue weighted by molar-refractivity contribution is 0.0693. The molecule has 4 heteroatoms. The first-order chi connectivity index (χ1) is 8.29. The molecule has 2 heterocycles. The summed E-state index contributed by atoms with van der Waals surface area (Å²) in [6.45, 7) is 8.25. The fourth-order valence-corrected chi connectivity index (χ4v) is 2.12. The summed E-state index contributed by atoms with van der Waals surface area (Å²) in [5.74, 6) is -0.166. The Morgan fingerprint density at radius 1 is 1.44 bits per heavy atom. The van der Waals surface area contributed by atoms with Crippen LogP contribution >= 0.6 is 0 Å². The Bertz CT molecular complexity index is 606. The first-order valence-corrected chi connectivity index (χ1v) is 5.99. The average molecular weight is 246 g/mol. The Balaban J connectivity index is 2.69. The predicted molar refractivity (Wildman–Crippen MR) is 70.0 cm³/mol. The SMILES string of the molecule is Cc1cccn2c(CC(C)(C)C)nc(C(=O)O)c12. The summed E-state index contributed by atoms with van der Waals surface area (Å²) in [6.07, 6.45) is 2.62. The summed E-state index contributed by atoms with van der Waals surface area (Å²) in [4.78, 5) is 15.6. The molecule has 18 heavy (non-hydrogen) atoms. The zero-order valence-corrected chi connectivity index (χ0v) is 11.2. The maximum atomic E-state index is 11.3. The van der Waals surface area contributed by atoms with E-state index in [1.54, 1.807) is 0 Å². The molecule has 0 amide bonds. The molecule has 2 aromatic heterocycles. The van der Waals surface area contributed by atoms with Gasteiger partial charge in [-0.3, -0.25) is 0 Å². The van der Waals surface area contributed by atoms with E-state index in [4.69, 9.17) is 0 Å². The number of imidazole rings is 1. The summed E-state index contributed by atoms with van der Waals surface area (Å²) >= 11 is 0. The monoisotopic (exact) mass is 246 g/mol. The van der Waals surface area contributed by atoms with Gasteiger partial charge in [0.05, 0.1) is 5.52 Å². The van der Waals surface area contributed by atoms with E-state index < -0.39 is 5.97 Å². The van der Waals surface area contributed by atoms with Crippen molar-refractivity contribution in [3.8, 4) is 0 Å². The van der Waals surface area contributed by atoms with Crippen LogP contribution in [0.15, 0.2) is 18.3 Å². The third kappa shape index (κ3) is 2.23. The summed E-state index contributed by atoms with van der Waals surface area (Å²) < 4.78 is 1.89. The molecular weight excluding hydrogens is 228 g/mol. The predicted octanol–water partition coefficient (Wildman–Crippen LogP) is 2.93. The van der Waals surface area contributed by atoms with Crippen molar-refractivity contribution in [2.75, 3.05) is 0 Å². The molecule has 96 valence electrons. The zero-order valence-electron chi connectivity index (χ0n) is 11.2. The van der Waals surface area contributed by atoms with E-state index in [9.17, 15) is 9.90 Å². The molecule has 0 spiro atoms.